The van der Waals surface area contributed by atoms with Gasteiger partial charge in [0.2, 0.25) is 0 Å². The molecule has 1 saturated heterocycles. The van der Waals surface area contributed by atoms with Crippen LogP contribution in [0.25, 0.3) is 0 Å². The van der Waals surface area contributed by atoms with Crippen molar-refractivity contribution in [3.8, 4) is 0 Å². The zero-order chi connectivity index (χ0) is 9.10. The third-order valence-electron chi connectivity index (χ3n) is 2.12. The maximum Gasteiger partial charge on any atom is 0.135 e. The Kier molecular flexibility index (Phi) is 2.83. The van der Waals surface area contributed by atoms with Gasteiger partial charge in [0.25, 0.3) is 0 Å². The van der Waals surface area contributed by atoms with Gasteiger partial charge in [-0.3, -0.25) is 5.32 Å². The van der Waals surface area contributed by atoms with Crippen LogP contribution in [0.15, 0.2) is 24.3 Å². The van der Waals surface area contributed by atoms with Crippen molar-refractivity contribution in [2.24, 2.45) is 0 Å². The molecule has 70 valence electrons. The van der Waals surface area contributed by atoms with Crippen LogP contribution in [0, 0.1) is 0 Å². The summed E-state index contributed by atoms with van der Waals surface area (Å²) in [7, 11) is 0. The van der Waals surface area contributed by atoms with Crippen molar-refractivity contribution in [1.29, 1.82) is 0 Å². The Morgan fingerprint density at radius 1 is 1.38 bits per heavy atom. The smallest absolute Gasteiger partial charge is 0.135 e. The Bertz CT molecular complexity index is 284. The van der Waals surface area contributed by atoms with Crippen LogP contribution in [0.1, 0.15) is 18.2 Å². The van der Waals surface area contributed by atoms with E-state index in [4.69, 9.17) is 16.3 Å². The zero-order valence-electron chi connectivity index (χ0n) is 7.29. The van der Waals surface area contributed by atoms with Gasteiger partial charge in [-0.15, -0.1) is 0 Å². The molecule has 2 rings (SSSR count). The molecule has 0 radical (unpaired) electrons. The van der Waals surface area contributed by atoms with E-state index in [1.165, 1.54) is 0 Å². The normalized spacial score (nSPS) is 23.0. The molecular weight excluding hydrogens is 186 g/mol. The van der Waals surface area contributed by atoms with Gasteiger partial charge >= 0.3 is 0 Å². The van der Waals surface area contributed by atoms with E-state index in [1.807, 2.05) is 24.3 Å². The standard InChI is InChI=1S/C10H12ClNO/c11-9-5-2-1-4-8(9)10-12-6-3-7-13-10/h1-2,4-5,10,12H,3,6-7H2. The van der Waals surface area contributed by atoms with Crippen molar-refractivity contribution >= 4 is 11.6 Å². The first kappa shape index (κ1) is 9.00. The topological polar surface area (TPSA) is 21.3 Å². The van der Waals surface area contributed by atoms with Gasteiger partial charge in [0.05, 0.1) is 6.61 Å². The largest absolute Gasteiger partial charge is 0.359 e. The molecule has 0 bridgehead atoms. The lowest BCUT2D eigenvalue weighted by Crippen LogP contribution is -2.31. The van der Waals surface area contributed by atoms with Crippen molar-refractivity contribution in [3.63, 3.8) is 0 Å². The molecule has 3 heteroatoms. The van der Waals surface area contributed by atoms with Gasteiger partial charge in [-0.1, -0.05) is 29.8 Å². The fourth-order valence-corrected chi connectivity index (χ4v) is 1.69. The van der Waals surface area contributed by atoms with E-state index in [2.05, 4.69) is 5.32 Å². The van der Waals surface area contributed by atoms with Gasteiger partial charge in [0.15, 0.2) is 0 Å². The lowest BCUT2D eigenvalue weighted by Gasteiger charge is -2.25. The predicted octanol–water partition coefficient (Wildman–Crippen LogP) is 2.35. The van der Waals surface area contributed by atoms with Crippen molar-refractivity contribution in [3.05, 3.63) is 34.9 Å². The van der Waals surface area contributed by atoms with E-state index < -0.39 is 0 Å². The third kappa shape index (κ3) is 2.02. The minimum atomic E-state index is -0.0255. The number of nitrogens with one attached hydrogen (secondary N) is 1. The Balaban J connectivity index is 2.18. The quantitative estimate of drug-likeness (QED) is 0.747. The van der Waals surface area contributed by atoms with Gasteiger partial charge in [-0.2, -0.15) is 0 Å². The van der Waals surface area contributed by atoms with Gasteiger partial charge in [0.1, 0.15) is 6.23 Å². The van der Waals surface area contributed by atoms with Crippen LogP contribution in [0.2, 0.25) is 5.02 Å². The molecule has 1 aromatic rings. The van der Waals surface area contributed by atoms with Crippen molar-refractivity contribution in [1.82, 2.24) is 5.32 Å². The van der Waals surface area contributed by atoms with Crippen LogP contribution in [0.5, 0.6) is 0 Å². The summed E-state index contributed by atoms with van der Waals surface area (Å²) in [6.07, 6.45) is 1.04. The molecule has 0 aromatic heterocycles. The highest BCUT2D eigenvalue weighted by Crippen LogP contribution is 2.24. The summed E-state index contributed by atoms with van der Waals surface area (Å²) in [4.78, 5) is 0. The Hall–Kier alpha value is -0.570. The first-order chi connectivity index (χ1) is 6.38. The van der Waals surface area contributed by atoms with Crippen LogP contribution in [0.4, 0.5) is 0 Å². The molecule has 13 heavy (non-hydrogen) atoms. The average Bonchev–Trinajstić information content (AvgIpc) is 2.20. The lowest BCUT2D eigenvalue weighted by atomic mass is 10.2. The Morgan fingerprint density at radius 2 is 2.23 bits per heavy atom. The molecule has 0 saturated carbocycles. The van der Waals surface area contributed by atoms with Gasteiger partial charge in [0, 0.05) is 17.1 Å². The molecule has 1 aliphatic rings. The monoisotopic (exact) mass is 197 g/mol. The van der Waals surface area contributed by atoms with E-state index in [9.17, 15) is 0 Å². The third-order valence-corrected chi connectivity index (χ3v) is 2.47. The molecule has 1 atom stereocenters. The van der Waals surface area contributed by atoms with Crippen molar-refractivity contribution < 1.29 is 4.74 Å². The number of hydrogen-bond acceptors (Lipinski definition) is 2. The van der Waals surface area contributed by atoms with Gasteiger partial charge in [-0.05, 0) is 12.5 Å². The van der Waals surface area contributed by atoms with Crippen molar-refractivity contribution in [2.75, 3.05) is 13.2 Å². The second-order valence-corrected chi connectivity index (χ2v) is 3.49. The highest BCUT2D eigenvalue weighted by Gasteiger charge is 2.16. The van der Waals surface area contributed by atoms with E-state index in [-0.39, 0.29) is 6.23 Å². The number of rotatable bonds is 1. The number of benzene rings is 1. The first-order valence-corrected chi connectivity index (χ1v) is 4.85. The van der Waals surface area contributed by atoms with Crippen LogP contribution in [-0.4, -0.2) is 13.2 Å². The molecule has 1 unspecified atom stereocenters. The zero-order valence-corrected chi connectivity index (χ0v) is 8.05. The van der Waals surface area contributed by atoms with Crippen LogP contribution >= 0.6 is 11.6 Å². The van der Waals surface area contributed by atoms with Crippen molar-refractivity contribution in [2.45, 2.75) is 12.6 Å². The minimum Gasteiger partial charge on any atom is -0.359 e. The highest BCUT2D eigenvalue weighted by atomic mass is 35.5. The summed E-state index contributed by atoms with van der Waals surface area (Å²) in [6.45, 7) is 1.80. The fraction of sp³-hybridized carbons (Fsp3) is 0.400. The van der Waals surface area contributed by atoms with Crippen LogP contribution in [-0.2, 0) is 4.74 Å². The SMILES string of the molecule is Clc1ccccc1C1NCCCO1. The minimum absolute atomic E-state index is 0.0255. The van der Waals surface area contributed by atoms with E-state index in [1.54, 1.807) is 0 Å². The second-order valence-electron chi connectivity index (χ2n) is 3.08. The average molecular weight is 198 g/mol. The van der Waals surface area contributed by atoms with Gasteiger partial charge in [-0.25, -0.2) is 0 Å². The molecule has 1 aliphatic heterocycles. The van der Waals surface area contributed by atoms with Gasteiger partial charge < -0.3 is 4.74 Å². The molecule has 2 nitrogen and oxygen atoms in total. The number of halogens is 1. The molecular formula is C10H12ClNO. The highest BCUT2D eigenvalue weighted by molar-refractivity contribution is 6.31. The van der Waals surface area contributed by atoms with E-state index in [0.717, 1.165) is 30.2 Å². The lowest BCUT2D eigenvalue weighted by molar-refractivity contribution is -0.000246. The second kappa shape index (κ2) is 4.09. The van der Waals surface area contributed by atoms with E-state index in [0.29, 0.717) is 0 Å². The molecule has 1 fully saturated rings. The predicted molar refractivity (Wildman–Crippen MR) is 52.8 cm³/mol. The molecule has 1 N–H and O–H groups in total. The fourth-order valence-electron chi connectivity index (χ4n) is 1.45. The molecule has 0 spiro atoms. The summed E-state index contributed by atoms with van der Waals surface area (Å²) >= 11 is 6.04. The number of ether oxygens (including phenoxy) is 1. The van der Waals surface area contributed by atoms with Crippen LogP contribution in [0.3, 0.4) is 0 Å². The summed E-state index contributed by atoms with van der Waals surface area (Å²) in [5.41, 5.74) is 1.03. The Labute approximate surface area is 82.9 Å². The molecule has 0 aliphatic carbocycles. The Morgan fingerprint density at radius 3 is 2.92 bits per heavy atom. The summed E-state index contributed by atoms with van der Waals surface area (Å²) in [6, 6.07) is 7.78. The molecule has 1 heterocycles. The molecule has 0 amide bonds. The summed E-state index contributed by atoms with van der Waals surface area (Å²) in [5, 5.41) is 4.04. The maximum absolute atomic E-state index is 6.04. The maximum atomic E-state index is 6.04. The van der Waals surface area contributed by atoms with E-state index >= 15 is 0 Å². The van der Waals surface area contributed by atoms with Crippen LogP contribution < -0.4 is 5.32 Å². The summed E-state index contributed by atoms with van der Waals surface area (Å²) in [5.74, 6) is 0. The number of hydrogen-bond donors (Lipinski definition) is 1. The molecule has 1 aromatic carbocycles. The first-order valence-electron chi connectivity index (χ1n) is 4.47. The summed E-state index contributed by atoms with van der Waals surface area (Å²) < 4.78 is 5.55.